The second-order valence-corrected chi connectivity index (χ2v) is 3.20. The van der Waals surface area contributed by atoms with Crippen LogP contribution >= 0.6 is 0 Å². The quantitative estimate of drug-likeness (QED) is 0.449. The number of carbonyl (C=O) groups is 1. The minimum Gasteiger partial charge on any atom is -0.383 e. The lowest BCUT2D eigenvalue weighted by molar-refractivity contribution is -0.114. The first-order valence-electron chi connectivity index (χ1n) is 4.54. The van der Waals surface area contributed by atoms with Crippen LogP contribution in [0.25, 0.3) is 0 Å². The Kier molecular flexibility index (Phi) is 6.44. The second-order valence-electron chi connectivity index (χ2n) is 3.20. The van der Waals surface area contributed by atoms with Gasteiger partial charge in [0.1, 0.15) is 0 Å². The van der Waals surface area contributed by atoms with Gasteiger partial charge in [-0.05, 0) is 12.5 Å². The highest BCUT2D eigenvalue weighted by molar-refractivity contribution is 5.89. The summed E-state index contributed by atoms with van der Waals surface area (Å²) in [6.07, 6.45) is 7.49. The summed E-state index contributed by atoms with van der Waals surface area (Å²) >= 11 is 0. The largest absolute Gasteiger partial charge is 0.383 e. The molecule has 0 aliphatic carbocycles. The normalized spacial score (nSPS) is 10.6. The molecule has 0 saturated heterocycles. The number of unbranched alkanes of at least 4 members (excludes halogenated alkanes) is 2. The highest BCUT2D eigenvalue weighted by atomic mass is 16.1. The maximum atomic E-state index is 11.1. The van der Waals surface area contributed by atoms with Gasteiger partial charge in [0.15, 0.2) is 5.78 Å². The van der Waals surface area contributed by atoms with Gasteiger partial charge in [0.05, 0.1) is 0 Å². The standard InChI is InChI=1S/C10H19NO/c1-4-5-6-7-10(12)8-9-11(2)3/h8-9H,4-7H2,1-3H3. The topological polar surface area (TPSA) is 20.3 Å². The molecule has 0 spiro atoms. The molecule has 70 valence electrons. The molecule has 0 fully saturated rings. The van der Waals surface area contributed by atoms with Gasteiger partial charge < -0.3 is 4.90 Å². The van der Waals surface area contributed by atoms with Crippen molar-refractivity contribution in [1.82, 2.24) is 4.90 Å². The van der Waals surface area contributed by atoms with Gasteiger partial charge >= 0.3 is 0 Å². The molecule has 0 amide bonds. The van der Waals surface area contributed by atoms with E-state index >= 15 is 0 Å². The van der Waals surface area contributed by atoms with Gasteiger partial charge in [0, 0.05) is 26.7 Å². The van der Waals surface area contributed by atoms with Crippen LogP contribution in [0.3, 0.4) is 0 Å². The lowest BCUT2D eigenvalue weighted by Crippen LogP contribution is -2.02. The fourth-order valence-corrected chi connectivity index (χ4v) is 0.865. The molecule has 0 bridgehead atoms. The lowest BCUT2D eigenvalue weighted by atomic mass is 10.1. The molecule has 0 unspecified atom stereocenters. The Labute approximate surface area is 75.3 Å². The molecule has 0 aliphatic heterocycles. The van der Waals surface area contributed by atoms with Crippen molar-refractivity contribution < 1.29 is 4.79 Å². The van der Waals surface area contributed by atoms with Crippen LogP contribution in [0.15, 0.2) is 12.3 Å². The molecule has 0 atom stereocenters. The van der Waals surface area contributed by atoms with E-state index < -0.39 is 0 Å². The predicted molar refractivity (Wildman–Crippen MR) is 52.0 cm³/mol. The Morgan fingerprint density at radius 1 is 1.33 bits per heavy atom. The van der Waals surface area contributed by atoms with Crippen LogP contribution < -0.4 is 0 Å². The monoisotopic (exact) mass is 169 g/mol. The maximum absolute atomic E-state index is 11.1. The first-order chi connectivity index (χ1) is 5.66. The summed E-state index contributed by atoms with van der Waals surface area (Å²) in [6.45, 7) is 2.14. The molecule has 12 heavy (non-hydrogen) atoms. The summed E-state index contributed by atoms with van der Waals surface area (Å²) in [5, 5.41) is 0. The number of carbonyl (C=O) groups excluding carboxylic acids is 1. The van der Waals surface area contributed by atoms with E-state index in [-0.39, 0.29) is 5.78 Å². The lowest BCUT2D eigenvalue weighted by Gasteiger charge is -2.02. The summed E-state index contributed by atoms with van der Waals surface area (Å²) in [7, 11) is 3.83. The van der Waals surface area contributed by atoms with Crippen molar-refractivity contribution in [3.63, 3.8) is 0 Å². The van der Waals surface area contributed by atoms with Gasteiger partial charge in [-0.15, -0.1) is 0 Å². The summed E-state index contributed by atoms with van der Waals surface area (Å²) < 4.78 is 0. The third kappa shape index (κ3) is 7.32. The van der Waals surface area contributed by atoms with E-state index in [1.165, 1.54) is 6.42 Å². The van der Waals surface area contributed by atoms with Crippen LogP contribution in [0.5, 0.6) is 0 Å². The molecule has 0 heterocycles. The number of rotatable bonds is 6. The minimum absolute atomic E-state index is 0.233. The minimum atomic E-state index is 0.233. The van der Waals surface area contributed by atoms with Crippen LogP contribution in [-0.4, -0.2) is 24.8 Å². The Balaban J connectivity index is 3.46. The number of hydrogen-bond acceptors (Lipinski definition) is 2. The molecule has 0 aromatic heterocycles. The SMILES string of the molecule is CCCCCC(=O)C=CN(C)C. The fourth-order valence-electron chi connectivity index (χ4n) is 0.865. The smallest absolute Gasteiger partial charge is 0.157 e. The molecule has 0 aliphatic rings. The Bertz CT molecular complexity index is 150. The van der Waals surface area contributed by atoms with E-state index in [2.05, 4.69) is 6.92 Å². The van der Waals surface area contributed by atoms with E-state index in [0.717, 1.165) is 12.8 Å². The maximum Gasteiger partial charge on any atom is 0.157 e. The molecule has 0 saturated carbocycles. The third-order valence-corrected chi connectivity index (χ3v) is 1.59. The van der Waals surface area contributed by atoms with Gasteiger partial charge in [0.2, 0.25) is 0 Å². The van der Waals surface area contributed by atoms with Crippen LogP contribution in [0.1, 0.15) is 32.6 Å². The average Bonchev–Trinajstić information content (AvgIpc) is 2.01. The average molecular weight is 169 g/mol. The zero-order chi connectivity index (χ0) is 9.40. The fraction of sp³-hybridized carbons (Fsp3) is 0.700. The first kappa shape index (κ1) is 11.2. The molecule has 0 aromatic carbocycles. The first-order valence-corrected chi connectivity index (χ1v) is 4.54. The van der Waals surface area contributed by atoms with Crippen molar-refractivity contribution in [2.24, 2.45) is 0 Å². The van der Waals surface area contributed by atoms with Gasteiger partial charge in [0.25, 0.3) is 0 Å². The van der Waals surface area contributed by atoms with Gasteiger partial charge in [-0.25, -0.2) is 0 Å². The Morgan fingerprint density at radius 3 is 2.50 bits per heavy atom. The van der Waals surface area contributed by atoms with E-state index in [0.29, 0.717) is 6.42 Å². The van der Waals surface area contributed by atoms with Crippen LogP contribution in [0.4, 0.5) is 0 Å². The summed E-state index contributed by atoms with van der Waals surface area (Å²) in [4.78, 5) is 13.0. The number of allylic oxidation sites excluding steroid dienone is 1. The zero-order valence-corrected chi connectivity index (χ0v) is 8.34. The van der Waals surface area contributed by atoms with Crippen molar-refractivity contribution in [2.45, 2.75) is 32.6 Å². The van der Waals surface area contributed by atoms with Crippen molar-refractivity contribution in [3.05, 3.63) is 12.3 Å². The molecular formula is C10H19NO. The van der Waals surface area contributed by atoms with Crippen molar-refractivity contribution in [3.8, 4) is 0 Å². The summed E-state index contributed by atoms with van der Waals surface area (Å²) in [6, 6.07) is 0. The van der Waals surface area contributed by atoms with Crippen molar-refractivity contribution >= 4 is 5.78 Å². The molecular weight excluding hydrogens is 150 g/mol. The molecule has 0 aromatic rings. The van der Waals surface area contributed by atoms with Gasteiger partial charge in [-0.1, -0.05) is 19.8 Å². The van der Waals surface area contributed by atoms with Crippen LogP contribution in [0, 0.1) is 0 Å². The Hall–Kier alpha value is -0.790. The van der Waals surface area contributed by atoms with E-state index in [9.17, 15) is 4.79 Å². The molecule has 2 nitrogen and oxygen atoms in total. The molecule has 0 N–H and O–H groups in total. The Morgan fingerprint density at radius 2 is 2.00 bits per heavy atom. The summed E-state index contributed by atoms with van der Waals surface area (Å²) in [5.41, 5.74) is 0. The molecule has 2 heteroatoms. The second kappa shape index (κ2) is 6.89. The third-order valence-electron chi connectivity index (χ3n) is 1.59. The molecule has 0 radical (unpaired) electrons. The predicted octanol–water partition coefficient (Wildman–Crippen LogP) is 2.21. The van der Waals surface area contributed by atoms with E-state index in [4.69, 9.17) is 0 Å². The summed E-state index contributed by atoms with van der Waals surface area (Å²) in [5.74, 6) is 0.233. The number of hydrogen-bond donors (Lipinski definition) is 0. The highest BCUT2D eigenvalue weighted by Gasteiger charge is 1.94. The van der Waals surface area contributed by atoms with Crippen LogP contribution in [-0.2, 0) is 4.79 Å². The van der Waals surface area contributed by atoms with Crippen LogP contribution in [0.2, 0.25) is 0 Å². The number of nitrogens with zero attached hydrogens (tertiary/aromatic N) is 1. The molecule has 0 rings (SSSR count). The number of ketones is 1. The van der Waals surface area contributed by atoms with Crippen molar-refractivity contribution in [1.29, 1.82) is 0 Å². The zero-order valence-electron chi connectivity index (χ0n) is 8.34. The van der Waals surface area contributed by atoms with E-state index in [1.807, 2.05) is 19.0 Å². The van der Waals surface area contributed by atoms with E-state index in [1.54, 1.807) is 12.3 Å². The van der Waals surface area contributed by atoms with Gasteiger partial charge in [-0.3, -0.25) is 4.79 Å². The van der Waals surface area contributed by atoms with Gasteiger partial charge in [-0.2, -0.15) is 0 Å². The highest BCUT2D eigenvalue weighted by Crippen LogP contribution is 2.00. The van der Waals surface area contributed by atoms with Crippen molar-refractivity contribution in [2.75, 3.05) is 14.1 Å².